The van der Waals surface area contributed by atoms with Crippen LogP contribution in [-0.2, 0) is 28.8 Å². The molecule has 0 aliphatic carbocycles. The summed E-state index contributed by atoms with van der Waals surface area (Å²) in [5.74, 6) is 5.74. The van der Waals surface area contributed by atoms with Gasteiger partial charge < -0.3 is 9.59 Å². The molecule has 6 heteroatoms. The molecule has 0 amide bonds. The van der Waals surface area contributed by atoms with E-state index in [1.807, 2.05) is 41.5 Å². The van der Waals surface area contributed by atoms with Crippen LogP contribution in [0.5, 0.6) is 0 Å². The minimum absolute atomic E-state index is 0.231. The van der Waals surface area contributed by atoms with Crippen molar-refractivity contribution >= 4 is 34.7 Å². The predicted octanol–water partition coefficient (Wildman–Crippen LogP) is 11.2. The normalized spacial score (nSPS) is 12.1. The molecule has 0 bridgehead atoms. The molecule has 0 aliphatic rings. The van der Waals surface area contributed by atoms with Gasteiger partial charge >= 0.3 is 0 Å². The number of carbonyl (C=O) groups excluding carboxylic acids is 6. The molecule has 1 unspecified atom stereocenters. The summed E-state index contributed by atoms with van der Waals surface area (Å²) in [4.78, 5) is 63.0. The Bertz CT molecular complexity index is 757. The van der Waals surface area contributed by atoms with Crippen molar-refractivity contribution in [3.63, 3.8) is 0 Å². The molecule has 0 aromatic heterocycles. The van der Waals surface area contributed by atoms with E-state index in [-0.39, 0.29) is 23.5 Å². The summed E-state index contributed by atoms with van der Waals surface area (Å²) in [6, 6.07) is 0. The summed E-state index contributed by atoms with van der Waals surface area (Å²) < 4.78 is 0. The van der Waals surface area contributed by atoms with Crippen molar-refractivity contribution in [1.29, 1.82) is 0 Å². The van der Waals surface area contributed by atoms with Gasteiger partial charge in [-0.15, -0.1) is 0 Å². The monoisotopic (exact) mass is 671 g/mol. The predicted molar refractivity (Wildman–Crippen MR) is 204 cm³/mol. The fourth-order valence-corrected chi connectivity index (χ4v) is 3.07. The molecule has 0 aromatic carbocycles. The van der Waals surface area contributed by atoms with Gasteiger partial charge in [-0.3, -0.25) is 19.2 Å². The van der Waals surface area contributed by atoms with E-state index in [1.54, 1.807) is 34.6 Å². The molecular weight excluding hydrogens is 588 g/mol. The average Bonchev–Trinajstić information content (AvgIpc) is 2.90. The number of hydrogen-bond acceptors (Lipinski definition) is 6. The van der Waals surface area contributed by atoms with E-state index in [9.17, 15) is 28.8 Å². The summed E-state index contributed by atoms with van der Waals surface area (Å²) in [6.07, 6.45) is 3.95. The standard InChI is InChI=1S/5C7H14O.C6H12O/c1-6(2)4-5-7(3)8;3*1-5(2)6(3)7(4)8;1-4-7(8)5-6(2)3;1-5(2)4-6(3)7/h6H,4-5H2,1-3H3;3*5-6H,1-4H3;6H,4-5H2,1-3H3;5H,4H2,1-3H3/t;2*6-;;;/m.10.../s1. The van der Waals surface area contributed by atoms with Gasteiger partial charge in [0, 0.05) is 43.4 Å². The molecule has 0 radical (unpaired) electrons. The number of Topliss-reactive ketones (excluding diaryl/α,β-unsaturated/α-hetero) is 6. The molecule has 0 aliphatic heterocycles. The van der Waals surface area contributed by atoms with E-state index in [0.29, 0.717) is 70.8 Å². The zero-order valence-electron chi connectivity index (χ0n) is 35.2. The van der Waals surface area contributed by atoms with Crippen molar-refractivity contribution in [3.05, 3.63) is 0 Å². The van der Waals surface area contributed by atoms with Gasteiger partial charge in [-0.2, -0.15) is 0 Å². The van der Waals surface area contributed by atoms with Crippen LogP contribution in [0.2, 0.25) is 0 Å². The summed E-state index contributed by atoms with van der Waals surface area (Å²) in [5, 5.41) is 0. The number of ketones is 6. The van der Waals surface area contributed by atoms with Gasteiger partial charge in [0.1, 0.15) is 34.7 Å². The molecule has 0 rings (SSSR count). The molecule has 0 N–H and O–H groups in total. The molecule has 6 nitrogen and oxygen atoms in total. The van der Waals surface area contributed by atoms with E-state index in [4.69, 9.17) is 0 Å². The molecule has 47 heavy (non-hydrogen) atoms. The fourth-order valence-electron chi connectivity index (χ4n) is 3.07. The lowest BCUT2D eigenvalue weighted by molar-refractivity contribution is -0.122. The zero-order chi connectivity index (χ0) is 39.2. The van der Waals surface area contributed by atoms with Gasteiger partial charge in [-0.1, -0.05) is 111 Å². The Kier molecular flexibility index (Phi) is 43.1. The maximum atomic E-state index is 10.6. The smallest absolute Gasteiger partial charge is 0.132 e. The van der Waals surface area contributed by atoms with Gasteiger partial charge in [0.05, 0.1) is 0 Å². The maximum absolute atomic E-state index is 10.6. The van der Waals surface area contributed by atoms with E-state index in [1.165, 1.54) is 0 Å². The van der Waals surface area contributed by atoms with Gasteiger partial charge in [0.15, 0.2) is 0 Å². The molecule has 3 atom stereocenters. The van der Waals surface area contributed by atoms with Crippen molar-refractivity contribution < 1.29 is 28.8 Å². The lowest BCUT2D eigenvalue weighted by Crippen LogP contribution is -2.12. The Labute approximate surface area is 293 Å². The number of rotatable bonds is 14. The van der Waals surface area contributed by atoms with Gasteiger partial charge in [0.2, 0.25) is 0 Å². The van der Waals surface area contributed by atoms with Crippen LogP contribution in [0.1, 0.15) is 178 Å². The average molecular weight is 671 g/mol. The lowest BCUT2D eigenvalue weighted by Gasteiger charge is -2.09. The molecule has 0 fully saturated rings. The van der Waals surface area contributed by atoms with Gasteiger partial charge in [-0.05, 0) is 76.5 Å². The first kappa shape index (κ1) is 57.3. The third-order valence-corrected chi connectivity index (χ3v) is 7.72. The topological polar surface area (TPSA) is 102 Å². The van der Waals surface area contributed by atoms with Gasteiger partial charge in [-0.25, -0.2) is 0 Å². The SMILES string of the molecule is CC(=O)C(C)C(C)C.CC(=O)CC(C)C.CC(=O)CCC(C)C.CC(=O)[C@@H](C)C(C)C.CC(=O)[C@H](C)C(C)C.CCC(=O)CC(C)C. The van der Waals surface area contributed by atoms with Crippen LogP contribution in [0.25, 0.3) is 0 Å². The highest BCUT2D eigenvalue weighted by molar-refractivity contribution is 5.79. The van der Waals surface area contributed by atoms with Crippen LogP contribution < -0.4 is 0 Å². The van der Waals surface area contributed by atoms with E-state index < -0.39 is 0 Å². The zero-order valence-corrected chi connectivity index (χ0v) is 35.2. The lowest BCUT2D eigenvalue weighted by atomic mass is 9.95. The van der Waals surface area contributed by atoms with Crippen LogP contribution in [0, 0.1) is 53.3 Å². The fraction of sp³-hybridized carbons (Fsp3) is 0.854. The maximum Gasteiger partial charge on any atom is 0.132 e. The summed E-state index contributed by atoms with van der Waals surface area (Å²) >= 11 is 0. The molecule has 0 saturated carbocycles. The Hall–Kier alpha value is -1.98. The molecule has 0 saturated heterocycles. The molecular formula is C41H82O6. The number of hydrogen-bond donors (Lipinski definition) is 0. The first-order valence-corrected chi connectivity index (χ1v) is 18.1. The highest BCUT2D eigenvalue weighted by Crippen LogP contribution is 2.10. The second kappa shape index (κ2) is 35.3. The van der Waals surface area contributed by atoms with E-state index >= 15 is 0 Å². The van der Waals surface area contributed by atoms with E-state index in [0.717, 1.165) is 25.7 Å². The van der Waals surface area contributed by atoms with Crippen molar-refractivity contribution in [2.24, 2.45) is 53.3 Å². The first-order chi connectivity index (χ1) is 21.1. The Morgan fingerprint density at radius 3 is 0.723 bits per heavy atom. The second-order valence-electron chi connectivity index (χ2n) is 15.4. The molecule has 0 aromatic rings. The molecule has 0 heterocycles. The van der Waals surface area contributed by atoms with Crippen molar-refractivity contribution in [2.45, 2.75) is 178 Å². The van der Waals surface area contributed by atoms with Crippen LogP contribution in [-0.4, -0.2) is 34.7 Å². The third-order valence-electron chi connectivity index (χ3n) is 7.72. The summed E-state index contributed by atoms with van der Waals surface area (Å²) in [5.41, 5.74) is 0. The Morgan fingerprint density at radius 2 is 0.681 bits per heavy atom. The van der Waals surface area contributed by atoms with Crippen molar-refractivity contribution in [3.8, 4) is 0 Å². The third kappa shape index (κ3) is 56.7. The van der Waals surface area contributed by atoms with Crippen LogP contribution >= 0.6 is 0 Å². The first-order valence-electron chi connectivity index (χ1n) is 18.1. The minimum atomic E-state index is 0.231. The molecule has 282 valence electrons. The largest absolute Gasteiger partial charge is 0.300 e. The highest BCUT2D eigenvalue weighted by atomic mass is 16.1. The second-order valence-corrected chi connectivity index (χ2v) is 15.4. The summed E-state index contributed by atoms with van der Waals surface area (Å²) in [7, 11) is 0. The van der Waals surface area contributed by atoms with Crippen molar-refractivity contribution in [2.75, 3.05) is 0 Å². The Balaban J connectivity index is -0.000000107. The minimum Gasteiger partial charge on any atom is -0.300 e. The van der Waals surface area contributed by atoms with Crippen LogP contribution in [0.3, 0.4) is 0 Å². The summed E-state index contributed by atoms with van der Waals surface area (Å²) in [6.45, 7) is 40.8. The van der Waals surface area contributed by atoms with Crippen molar-refractivity contribution in [1.82, 2.24) is 0 Å². The highest BCUT2D eigenvalue weighted by Gasteiger charge is 2.11. The van der Waals surface area contributed by atoms with Crippen LogP contribution in [0.4, 0.5) is 0 Å². The number of carbonyl (C=O) groups is 6. The Morgan fingerprint density at radius 1 is 0.404 bits per heavy atom. The molecule has 0 spiro atoms. The van der Waals surface area contributed by atoms with Gasteiger partial charge in [0.25, 0.3) is 0 Å². The van der Waals surface area contributed by atoms with Crippen LogP contribution in [0.15, 0.2) is 0 Å². The van der Waals surface area contributed by atoms with E-state index in [2.05, 4.69) is 69.2 Å². The quantitative estimate of drug-likeness (QED) is 0.182.